The highest BCUT2D eigenvalue weighted by atomic mass is 32.2. The molecule has 0 fully saturated rings. The quantitative estimate of drug-likeness (QED) is 0.0480. The monoisotopic (exact) mass is 1030 g/mol. The number of hydrogen-bond acceptors (Lipinski definition) is 11. The van der Waals surface area contributed by atoms with Crippen LogP contribution < -0.4 is 26.6 Å². The smallest absolute Gasteiger partial charge is 0.295 e. The van der Waals surface area contributed by atoms with E-state index in [2.05, 4.69) is 26.6 Å². The summed E-state index contributed by atoms with van der Waals surface area (Å²) in [5.74, 6) is -2.53. The molecule has 0 unspecified atom stereocenters. The first kappa shape index (κ1) is 49.8. The van der Waals surface area contributed by atoms with E-state index in [1.807, 2.05) is 0 Å². The van der Waals surface area contributed by atoms with E-state index in [-0.39, 0.29) is 61.3 Å². The number of anilines is 5. The Morgan fingerprint density at radius 3 is 1.32 bits per heavy atom. The molecule has 0 aromatic heterocycles. The summed E-state index contributed by atoms with van der Waals surface area (Å²) in [5, 5.41) is 13.9. The number of amides is 5. The van der Waals surface area contributed by atoms with Crippen LogP contribution in [-0.4, -0.2) is 68.4 Å². The molecule has 22 heteroatoms. The van der Waals surface area contributed by atoms with Crippen LogP contribution in [0.3, 0.4) is 0 Å². The molecule has 0 heterocycles. The summed E-state index contributed by atoms with van der Waals surface area (Å²) in [4.78, 5) is 63.3. The van der Waals surface area contributed by atoms with Crippen LogP contribution in [-0.2, 0) is 41.6 Å². The molecule has 19 nitrogen and oxygen atoms in total. The summed E-state index contributed by atoms with van der Waals surface area (Å²) in [6.45, 7) is 0. The maximum atomic E-state index is 13.2. The van der Waals surface area contributed by atoms with E-state index < -0.39 is 63.8 Å². The first-order chi connectivity index (χ1) is 34.1. The third-order valence-corrected chi connectivity index (χ3v) is 13.6. The van der Waals surface area contributed by atoms with Gasteiger partial charge in [0.15, 0.2) is 0 Å². The van der Waals surface area contributed by atoms with Crippen molar-refractivity contribution in [2.45, 2.75) is 21.1 Å². The SMILES string of the molecule is O=C(Cc1ccc(C(=O)Nc2ccc(C(=O)Nc3cccc4cc(S(=O)(=O)O)cc(S(=O)(=O)O)c34)cc2)cc1)Nc1ccc(C(=O)Nc2ccc(C(=O)Nc3ccc(S(=O)(=O)O)c4ccccc34)cc2)cc1. The molecule has 8 N–H and O–H groups in total. The van der Waals surface area contributed by atoms with Crippen molar-refractivity contribution in [2.24, 2.45) is 0 Å². The molecule has 5 amide bonds. The molecule has 72 heavy (non-hydrogen) atoms. The Hall–Kier alpha value is -8.64. The highest BCUT2D eigenvalue weighted by molar-refractivity contribution is 7.87. The van der Waals surface area contributed by atoms with Gasteiger partial charge in [-0.25, -0.2) is 0 Å². The summed E-state index contributed by atoms with van der Waals surface area (Å²) >= 11 is 0. The lowest BCUT2D eigenvalue weighted by Gasteiger charge is -2.13. The van der Waals surface area contributed by atoms with Gasteiger partial charge in [0, 0.05) is 61.2 Å². The molecule has 0 spiro atoms. The van der Waals surface area contributed by atoms with Crippen LogP contribution in [0.4, 0.5) is 28.4 Å². The van der Waals surface area contributed by atoms with Crippen molar-refractivity contribution in [3.8, 4) is 0 Å². The van der Waals surface area contributed by atoms with Crippen molar-refractivity contribution in [1.29, 1.82) is 0 Å². The van der Waals surface area contributed by atoms with Gasteiger partial charge in [-0.2, -0.15) is 25.3 Å². The Bertz CT molecular complexity index is 3850. The van der Waals surface area contributed by atoms with Crippen molar-refractivity contribution >= 4 is 110 Å². The molecule has 0 atom stereocenters. The van der Waals surface area contributed by atoms with Gasteiger partial charge in [-0.3, -0.25) is 37.6 Å². The maximum Gasteiger partial charge on any atom is 0.295 e. The zero-order valence-corrected chi connectivity index (χ0v) is 39.3. The molecule has 0 saturated heterocycles. The van der Waals surface area contributed by atoms with E-state index in [0.29, 0.717) is 39.8 Å². The fourth-order valence-electron chi connectivity index (χ4n) is 7.50. The molecule has 8 aromatic carbocycles. The zero-order valence-electron chi connectivity index (χ0n) is 36.9. The Labute approximate surface area is 410 Å². The topological polar surface area (TPSA) is 309 Å². The Kier molecular flexibility index (Phi) is 13.8. The predicted molar refractivity (Wildman–Crippen MR) is 267 cm³/mol. The van der Waals surface area contributed by atoms with E-state index in [1.165, 1.54) is 109 Å². The summed E-state index contributed by atoms with van der Waals surface area (Å²) < 4.78 is 101. The third kappa shape index (κ3) is 11.5. The normalized spacial score (nSPS) is 11.7. The average molecular weight is 1030 g/mol. The zero-order chi connectivity index (χ0) is 51.5. The number of carbonyl (C=O) groups is 5. The van der Waals surface area contributed by atoms with E-state index in [9.17, 15) is 62.9 Å². The number of hydrogen-bond donors (Lipinski definition) is 8. The Morgan fingerprint density at radius 2 is 0.833 bits per heavy atom. The molecule has 364 valence electrons. The van der Waals surface area contributed by atoms with Crippen molar-refractivity contribution in [3.05, 3.63) is 192 Å². The third-order valence-electron chi connectivity index (χ3n) is 11.0. The van der Waals surface area contributed by atoms with Crippen LogP contribution in [0.2, 0.25) is 0 Å². The molecule has 0 aliphatic rings. The minimum atomic E-state index is -5.03. The molecule has 8 rings (SSSR count). The highest BCUT2D eigenvalue weighted by Gasteiger charge is 2.24. The lowest BCUT2D eigenvalue weighted by Crippen LogP contribution is -2.16. The first-order valence-electron chi connectivity index (χ1n) is 21.1. The molecule has 0 saturated carbocycles. The van der Waals surface area contributed by atoms with Crippen molar-refractivity contribution < 1.29 is 62.9 Å². The van der Waals surface area contributed by atoms with Crippen LogP contribution in [0.15, 0.2) is 178 Å². The second-order valence-electron chi connectivity index (χ2n) is 15.9. The second-order valence-corrected chi connectivity index (χ2v) is 20.1. The van der Waals surface area contributed by atoms with E-state index >= 15 is 0 Å². The van der Waals surface area contributed by atoms with E-state index in [1.54, 1.807) is 42.5 Å². The lowest BCUT2D eigenvalue weighted by atomic mass is 10.1. The largest absolute Gasteiger partial charge is 0.326 e. The second kappa shape index (κ2) is 20.0. The van der Waals surface area contributed by atoms with Crippen LogP contribution in [0.25, 0.3) is 21.5 Å². The molecule has 0 aliphatic carbocycles. The highest BCUT2D eigenvalue weighted by Crippen LogP contribution is 2.34. The molecule has 8 aromatic rings. The average Bonchev–Trinajstić information content (AvgIpc) is 3.33. The van der Waals surface area contributed by atoms with Gasteiger partial charge in [0.1, 0.15) is 9.79 Å². The lowest BCUT2D eigenvalue weighted by molar-refractivity contribution is -0.115. The minimum absolute atomic E-state index is 0.0157. The summed E-state index contributed by atoms with van der Waals surface area (Å²) in [7, 11) is -14.4. The molecule has 0 aliphatic heterocycles. The number of carbonyl (C=O) groups excluding carboxylic acids is 5. The molecular weight excluding hydrogens is 991 g/mol. The van der Waals surface area contributed by atoms with Gasteiger partial charge in [-0.1, -0.05) is 48.5 Å². The van der Waals surface area contributed by atoms with E-state index in [4.69, 9.17) is 0 Å². The minimum Gasteiger partial charge on any atom is -0.326 e. The van der Waals surface area contributed by atoms with Gasteiger partial charge in [-0.05, 0) is 126 Å². The van der Waals surface area contributed by atoms with Gasteiger partial charge in [0.05, 0.1) is 17.0 Å². The number of benzene rings is 8. The predicted octanol–water partition coefficient (Wildman–Crippen LogP) is 7.92. The van der Waals surface area contributed by atoms with Crippen molar-refractivity contribution in [2.75, 3.05) is 26.6 Å². The number of rotatable bonds is 14. The fraction of sp³-hybridized carbons (Fsp3) is 0.0200. The van der Waals surface area contributed by atoms with Crippen molar-refractivity contribution in [3.63, 3.8) is 0 Å². The van der Waals surface area contributed by atoms with Gasteiger partial charge in [0.25, 0.3) is 54.0 Å². The van der Waals surface area contributed by atoms with Gasteiger partial charge in [-0.15, -0.1) is 0 Å². The van der Waals surface area contributed by atoms with E-state index in [0.717, 1.165) is 6.07 Å². The molecular formula is C50H37N5O14S3. The molecule has 0 radical (unpaired) electrons. The summed E-state index contributed by atoms with van der Waals surface area (Å²) in [6.07, 6.45) is -0.0416. The van der Waals surface area contributed by atoms with Crippen LogP contribution >= 0.6 is 0 Å². The fourth-order valence-corrected chi connectivity index (χ4v) is 9.57. The van der Waals surface area contributed by atoms with Gasteiger partial charge >= 0.3 is 0 Å². The first-order valence-corrected chi connectivity index (χ1v) is 25.4. The van der Waals surface area contributed by atoms with Gasteiger partial charge < -0.3 is 26.6 Å². The maximum absolute atomic E-state index is 13.2. The standard InChI is InChI=1S/C50H37N5O14S3/c56-45(51-35-18-12-31(13-19-35)48(58)53-37-20-14-32(15-21-37)49(59)54-41-24-25-43(71(64,65)66)40-6-2-1-5-39(40)41)26-29-8-10-30(11-9-29)47(57)52-36-22-16-33(17-23-36)50(60)55-42-7-3-4-34-27-38(70(61,62)63)28-44(46(34)42)72(67,68)69/h1-25,27-28H,26H2,(H,51,56)(H,52,57)(H,53,58)(H,54,59)(H,55,60)(H,61,62,63)(H,64,65,66)(H,67,68,69). The Morgan fingerprint density at radius 1 is 0.389 bits per heavy atom. The Balaban J connectivity index is 0.810. The molecule has 0 bridgehead atoms. The number of fused-ring (bicyclic) bond motifs is 2. The number of nitrogens with one attached hydrogen (secondary N) is 5. The summed E-state index contributed by atoms with van der Waals surface area (Å²) in [5.41, 5.74) is 2.85. The van der Waals surface area contributed by atoms with Crippen LogP contribution in [0.5, 0.6) is 0 Å². The van der Waals surface area contributed by atoms with Crippen LogP contribution in [0.1, 0.15) is 47.0 Å². The van der Waals surface area contributed by atoms with Crippen molar-refractivity contribution in [1.82, 2.24) is 0 Å². The summed E-state index contributed by atoms with van der Waals surface area (Å²) in [6, 6.07) is 38.7. The van der Waals surface area contributed by atoms with Crippen LogP contribution in [0, 0.1) is 0 Å². The van der Waals surface area contributed by atoms with Gasteiger partial charge in [0.2, 0.25) is 5.91 Å².